The quantitative estimate of drug-likeness (QED) is 0.0294. The van der Waals surface area contributed by atoms with E-state index in [0.717, 1.165) is 112 Å². The van der Waals surface area contributed by atoms with E-state index in [1.54, 1.807) is 26.4 Å². The molecule has 0 aliphatic carbocycles. The summed E-state index contributed by atoms with van der Waals surface area (Å²) in [5.41, 5.74) is 18.8. The van der Waals surface area contributed by atoms with Crippen molar-refractivity contribution in [1.29, 1.82) is 10.5 Å². The normalized spacial score (nSPS) is 11.9. The Labute approximate surface area is 559 Å². The van der Waals surface area contributed by atoms with Crippen LogP contribution in [0.4, 0.5) is 18.0 Å². The number of thiophene rings is 2. The van der Waals surface area contributed by atoms with Crippen molar-refractivity contribution in [3.05, 3.63) is 341 Å². The molecule has 0 radical (unpaired) electrons. The zero-order chi connectivity index (χ0) is 67.5. The molecule has 0 unspecified atom stereocenters. The highest BCUT2D eigenvalue weighted by atomic mass is 32.1. The smallest absolute Gasteiger partial charge is 0.402 e. The molecule has 0 aliphatic heterocycles. The van der Waals surface area contributed by atoms with Crippen LogP contribution < -0.4 is 24.7 Å². The number of ether oxygens (including phenoxy) is 4. The fourth-order valence-electron chi connectivity index (χ4n) is 10.3. The summed E-state index contributed by atoms with van der Waals surface area (Å²) in [6.07, 6.45) is -4.46. The zero-order valence-corrected chi connectivity index (χ0v) is 53.8. The molecule has 0 bridgehead atoms. The van der Waals surface area contributed by atoms with Crippen molar-refractivity contribution in [3.63, 3.8) is 0 Å². The molecule has 10 aromatic rings. The number of nitriles is 2. The van der Waals surface area contributed by atoms with Crippen molar-refractivity contribution in [2.24, 2.45) is 5.73 Å². The van der Waals surface area contributed by atoms with Crippen molar-refractivity contribution in [1.82, 2.24) is 0 Å². The summed E-state index contributed by atoms with van der Waals surface area (Å²) in [6.45, 7) is 18.0. The molecule has 0 spiro atoms. The number of unbranched alkanes of at least 4 members (excludes halogenated alkanes) is 1. The number of nitrogens with two attached hydrogens (primary N) is 1. The van der Waals surface area contributed by atoms with Crippen LogP contribution in [0.2, 0.25) is 0 Å². The average Bonchev–Trinajstić information content (AvgIpc) is 0.868. The van der Waals surface area contributed by atoms with Gasteiger partial charge < -0.3 is 29.8 Å². The molecule has 16 heteroatoms. The van der Waals surface area contributed by atoms with Crippen LogP contribution in [-0.4, -0.2) is 44.8 Å². The predicted molar refractivity (Wildman–Crippen MR) is 373 cm³/mol. The molecule has 474 valence electrons. The largest absolute Gasteiger partial charge is 0.497 e. The molecule has 3 N–H and O–H groups in total. The van der Waals surface area contributed by atoms with Gasteiger partial charge in [-0.3, -0.25) is 0 Å². The van der Waals surface area contributed by atoms with E-state index in [-0.39, 0.29) is 24.4 Å². The first-order valence-corrected chi connectivity index (χ1v) is 31.7. The second-order valence-electron chi connectivity index (χ2n) is 20.8. The van der Waals surface area contributed by atoms with Gasteiger partial charge in [-0.1, -0.05) is 183 Å². The molecule has 0 saturated carbocycles. The summed E-state index contributed by atoms with van der Waals surface area (Å²) < 4.78 is 60.2. The molecule has 11 nitrogen and oxygen atoms in total. The van der Waals surface area contributed by atoms with Crippen LogP contribution in [0.15, 0.2) is 253 Å². The molecule has 0 aliphatic rings. The highest BCUT2D eigenvalue weighted by Gasteiger charge is 2.26. The number of carboxylic acid groups (broad SMARTS) is 1. The molecule has 95 heavy (non-hydrogen) atoms. The average molecular weight is 1300 g/mol. The van der Waals surface area contributed by atoms with Crippen LogP contribution in [-0.2, 0) is 0 Å². The van der Waals surface area contributed by atoms with Gasteiger partial charge in [0.15, 0.2) is 0 Å². The third-order valence-electron chi connectivity index (χ3n) is 14.7. The first-order chi connectivity index (χ1) is 46.2. The van der Waals surface area contributed by atoms with E-state index in [0.29, 0.717) is 29.3 Å². The van der Waals surface area contributed by atoms with Crippen molar-refractivity contribution >= 4 is 62.2 Å². The first kappa shape index (κ1) is 69.2. The van der Waals surface area contributed by atoms with Gasteiger partial charge in [-0.25, -0.2) is 25.0 Å². The molecule has 2 heterocycles. The van der Waals surface area contributed by atoms with E-state index in [1.807, 2.05) is 181 Å². The number of carbonyl (C=O) groups is 1. The first-order valence-electron chi connectivity index (χ1n) is 29.9. The second kappa shape index (κ2) is 34.7. The van der Waals surface area contributed by atoms with Gasteiger partial charge in [-0.15, -0.1) is 22.7 Å². The highest BCUT2D eigenvalue weighted by Crippen LogP contribution is 2.42. The van der Waals surface area contributed by atoms with Crippen LogP contribution in [0.1, 0.15) is 98.0 Å². The minimum atomic E-state index is -4.21. The number of rotatable bonds is 22. The number of nitrogens with zero attached hydrogens (tertiary/aromatic N) is 4. The van der Waals surface area contributed by atoms with Gasteiger partial charge in [0.1, 0.15) is 23.0 Å². The van der Waals surface area contributed by atoms with Gasteiger partial charge >= 0.3 is 12.3 Å². The number of amides is 1. The van der Waals surface area contributed by atoms with Gasteiger partial charge in [0.25, 0.3) is 11.4 Å². The predicted octanol–water partition coefficient (Wildman–Crippen LogP) is 20.5. The minimum Gasteiger partial charge on any atom is -0.497 e. The van der Waals surface area contributed by atoms with Crippen LogP contribution >= 0.6 is 22.7 Å². The molecular weight excluding hydrogens is 1240 g/mol. The number of hydrogen-bond donors (Lipinski definition) is 2. The number of methoxy groups -OCH3 is 2. The van der Waals surface area contributed by atoms with Gasteiger partial charge in [-0.05, 0) is 162 Å². The van der Waals surface area contributed by atoms with E-state index < -0.39 is 18.7 Å². The Kier molecular flexibility index (Phi) is 25.3. The van der Waals surface area contributed by atoms with Crippen LogP contribution in [0.3, 0.4) is 0 Å². The van der Waals surface area contributed by atoms with Crippen LogP contribution in [0.25, 0.3) is 43.1 Å². The summed E-state index contributed by atoms with van der Waals surface area (Å²) in [4.78, 5) is 17.6. The third-order valence-corrected chi connectivity index (χ3v) is 16.5. The Morgan fingerprint density at radius 3 is 0.979 bits per heavy atom. The Morgan fingerprint density at radius 2 is 0.726 bits per heavy atom. The summed E-state index contributed by atoms with van der Waals surface area (Å²) in [5, 5.41) is 30.6. The van der Waals surface area contributed by atoms with Crippen molar-refractivity contribution < 1.29 is 42.0 Å². The van der Waals surface area contributed by atoms with Crippen molar-refractivity contribution in [3.8, 4) is 35.1 Å². The fraction of sp³-hybridized carbons (Fsp3) is 0.127. The summed E-state index contributed by atoms with van der Waals surface area (Å²) in [7, 11) is 3.28. The second-order valence-corrected chi connectivity index (χ2v) is 22.7. The fourth-order valence-corrected chi connectivity index (χ4v) is 11.9. The van der Waals surface area contributed by atoms with Crippen LogP contribution in [0.5, 0.6) is 23.0 Å². The van der Waals surface area contributed by atoms with Gasteiger partial charge in [0.05, 0.1) is 52.7 Å². The van der Waals surface area contributed by atoms with E-state index in [2.05, 4.69) is 83.0 Å². The molecule has 8 aromatic carbocycles. The van der Waals surface area contributed by atoms with E-state index in [9.17, 15) is 23.7 Å². The molecule has 10 rings (SSSR count). The Morgan fingerprint density at radius 1 is 0.453 bits per heavy atom. The van der Waals surface area contributed by atoms with Gasteiger partial charge in [0.2, 0.25) is 0 Å². The number of hydrogen-bond acceptors (Lipinski definition) is 9. The SMILES string of the molecule is NC(=O)O.[C-]#[N+]/C(C#N)=C(\c1ccc(/C(=C(/c2ccc(OC)cc2)c2ccc(OCCCC)cc2)c2ccccc2)cc1)c1cccs1.[C-]#[N+]/C(C#N)=C(\c1ccc(/C(=C(\c2ccc(OC)cc2)c2ccc(OCCCC(F)(F)F)cc2)c2ccccc2)cc1)c1cccs1. The molecule has 0 atom stereocenters. The van der Waals surface area contributed by atoms with Crippen molar-refractivity contribution in [2.75, 3.05) is 27.4 Å². The monoisotopic (exact) mass is 1300 g/mol. The summed E-state index contributed by atoms with van der Waals surface area (Å²) in [5.74, 6) is 2.83. The van der Waals surface area contributed by atoms with Gasteiger partial charge in [0, 0.05) is 27.3 Å². The maximum atomic E-state index is 12.6. The molecular formula is C79H64F3N5O6S2. The lowest BCUT2D eigenvalue weighted by Gasteiger charge is -2.19. The molecule has 0 fully saturated rings. The molecule has 1 amide bonds. The highest BCUT2D eigenvalue weighted by molar-refractivity contribution is 7.11. The van der Waals surface area contributed by atoms with Gasteiger partial charge in [-0.2, -0.15) is 13.2 Å². The summed E-state index contributed by atoms with van der Waals surface area (Å²) in [6, 6.07) is 79.7. The number of allylic oxidation sites excluding steroid dienone is 2. The van der Waals surface area contributed by atoms with E-state index in [4.69, 9.17) is 42.0 Å². The topological polar surface area (TPSA) is 157 Å². The Balaban J connectivity index is 0.000000231. The Hall–Kier alpha value is -11.7. The number of alkyl halides is 3. The third kappa shape index (κ3) is 19.0. The number of benzene rings is 8. The van der Waals surface area contributed by atoms with Crippen LogP contribution in [0, 0.1) is 35.8 Å². The Bertz CT molecular complexity index is 4410. The van der Waals surface area contributed by atoms with E-state index in [1.165, 1.54) is 22.7 Å². The molecule has 0 saturated heterocycles. The lowest BCUT2D eigenvalue weighted by atomic mass is 9.85. The molecule has 2 aromatic heterocycles. The van der Waals surface area contributed by atoms with Crippen molar-refractivity contribution in [2.45, 2.75) is 38.8 Å². The standard InChI is InChI=1S/C39H29F3N2O2S.C39H32N2O2S.CH3NO2/c1-44-34(26-43)38(35-10-6-25-47-35)31-13-11-28(12-14-31)36(27-8-4-3-5-9-27)37(29-15-19-32(45-2)20-16-29)30-17-21-33(22-18-30)46-24-7-23-39(40,41)42;1-4-5-25-43-34-23-19-31(20-24-34)38(30-17-21-33(42-3)22-18-30)37(28-10-7-6-8-11-28)29-13-15-32(16-14-29)39(35(27-40)41-2)36-12-9-26-44-36;2-1(3)4/h3-6,8-22,25H,7,23-24H2,2H3;6-24,26H,4-5,25H2,1,3H3;2H2,(H,3,4)/b37-36+,38-34+;38-37-,39-35+;. The lowest BCUT2D eigenvalue weighted by Crippen LogP contribution is -2.09. The maximum Gasteiger partial charge on any atom is 0.402 e. The number of halogens is 3. The maximum absolute atomic E-state index is 12.6. The number of primary amides is 1. The van der Waals surface area contributed by atoms with E-state index >= 15 is 0 Å². The summed E-state index contributed by atoms with van der Waals surface area (Å²) >= 11 is 2.99. The zero-order valence-electron chi connectivity index (χ0n) is 52.1. The minimum absolute atomic E-state index is 0.0265. The lowest BCUT2D eigenvalue weighted by molar-refractivity contribution is -0.136.